The molecule has 0 unspecified atom stereocenters. The summed E-state index contributed by atoms with van der Waals surface area (Å²) in [6, 6.07) is 0. The number of Topliss-reactive ketones (excluding diaryl/α,β-unsaturated/α-hetero) is 1. The van der Waals surface area contributed by atoms with Crippen LogP contribution in [-0.2, 0) is 16.1 Å². The summed E-state index contributed by atoms with van der Waals surface area (Å²) >= 11 is 0. The second kappa shape index (κ2) is 7.52. The van der Waals surface area contributed by atoms with E-state index in [1.54, 1.807) is 7.11 Å². The molecule has 5 rings (SSSR count). The molecule has 0 aliphatic heterocycles. The van der Waals surface area contributed by atoms with Crippen molar-refractivity contribution in [2.24, 2.45) is 35.0 Å². The Kier molecular flexibility index (Phi) is 5.09. The number of carbonyl (C=O) groups is 1. The van der Waals surface area contributed by atoms with E-state index in [-0.39, 0.29) is 23.7 Å². The van der Waals surface area contributed by atoms with E-state index >= 15 is 0 Å². The van der Waals surface area contributed by atoms with Gasteiger partial charge >= 0.3 is 0 Å². The summed E-state index contributed by atoms with van der Waals surface area (Å²) in [6.45, 7) is 3.04. The Labute approximate surface area is 178 Å². The molecule has 0 amide bonds. The van der Waals surface area contributed by atoms with Crippen molar-refractivity contribution in [2.45, 2.75) is 70.4 Å². The first-order chi connectivity index (χ1) is 14.4. The van der Waals surface area contributed by atoms with Crippen molar-refractivity contribution in [1.29, 1.82) is 0 Å². The van der Waals surface area contributed by atoms with Gasteiger partial charge < -0.3 is 9.84 Å². The summed E-state index contributed by atoms with van der Waals surface area (Å²) in [4.78, 5) is 14.5. The van der Waals surface area contributed by atoms with Crippen LogP contribution >= 0.6 is 0 Å². The first-order valence-corrected chi connectivity index (χ1v) is 11.6. The monoisotopic (exact) mass is 414 g/mol. The number of aromatic nitrogens is 4. The van der Waals surface area contributed by atoms with Crippen LogP contribution < -0.4 is 0 Å². The molecule has 1 heterocycles. The maximum Gasteiger partial charge on any atom is 0.162 e. The third kappa shape index (κ3) is 3.25. The van der Waals surface area contributed by atoms with Crippen LogP contribution in [0.2, 0.25) is 0 Å². The summed E-state index contributed by atoms with van der Waals surface area (Å²) < 4.78 is 5.29. The SMILES string of the molecule is COC[C@@]1(O)CC[C@H]2C(=CC[C@@H]3[C@@H]2CC[C@]2(C)[C@@H](C(=O)Cn4ncnn4)CC[C@@H]32)C1. The van der Waals surface area contributed by atoms with Gasteiger partial charge in [-0.25, -0.2) is 0 Å². The highest BCUT2D eigenvalue weighted by Crippen LogP contribution is 2.63. The molecule has 0 spiro atoms. The summed E-state index contributed by atoms with van der Waals surface area (Å²) in [5.74, 6) is 2.99. The van der Waals surface area contributed by atoms with E-state index in [1.165, 1.54) is 23.1 Å². The lowest BCUT2D eigenvalue weighted by Crippen LogP contribution is -2.49. The smallest absolute Gasteiger partial charge is 0.162 e. The van der Waals surface area contributed by atoms with Gasteiger partial charge in [0.2, 0.25) is 0 Å². The van der Waals surface area contributed by atoms with Crippen molar-refractivity contribution in [3.8, 4) is 0 Å². The predicted molar refractivity (Wildman–Crippen MR) is 110 cm³/mol. The highest BCUT2D eigenvalue weighted by molar-refractivity contribution is 5.81. The zero-order valence-corrected chi connectivity index (χ0v) is 18.2. The second-order valence-electron chi connectivity index (χ2n) is 10.5. The Balaban J connectivity index is 1.33. The average molecular weight is 415 g/mol. The van der Waals surface area contributed by atoms with Gasteiger partial charge in [-0.2, -0.15) is 4.80 Å². The van der Waals surface area contributed by atoms with Crippen molar-refractivity contribution < 1.29 is 14.6 Å². The van der Waals surface area contributed by atoms with Crippen LogP contribution in [0.15, 0.2) is 18.0 Å². The lowest BCUT2D eigenvalue weighted by Gasteiger charge is -2.54. The summed E-state index contributed by atoms with van der Waals surface area (Å²) in [5.41, 5.74) is 0.872. The van der Waals surface area contributed by atoms with Gasteiger partial charge in [-0.3, -0.25) is 4.79 Å². The predicted octanol–water partition coefficient (Wildman–Crippen LogP) is 2.81. The molecule has 0 bridgehead atoms. The third-order valence-electron chi connectivity index (χ3n) is 9.08. The van der Waals surface area contributed by atoms with Gasteiger partial charge in [-0.1, -0.05) is 18.6 Å². The van der Waals surface area contributed by atoms with Crippen molar-refractivity contribution in [3.05, 3.63) is 18.0 Å². The molecular formula is C23H34N4O3. The molecule has 164 valence electrons. The Morgan fingerprint density at radius 3 is 2.90 bits per heavy atom. The van der Waals surface area contributed by atoms with Crippen LogP contribution in [0.4, 0.5) is 0 Å². The Morgan fingerprint density at radius 2 is 2.13 bits per heavy atom. The van der Waals surface area contributed by atoms with Gasteiger partial charge in [-0.15, -0.1) is 10.2 Å². The van der Waals surface area contributed by atoms with E-state index in [0.717, 1.165) is 44.9 Å². The van der Waals surface area contributed by atoms with Gasteiger partial charge in [0, 0.05) is 13.0 Å². The van der Waals surface area contributed by atoms with Crippen molar-refractivity contribution in [1.82, 2.24) is 20.2 Å². The fourth-order valence-electron chi connectivity index (χ4n) is 7.80. The number of methoxy groups -OCH3 is 1. The molecule has 1 aromatic heterocycles. The van der Waals surface area contributed by atoms with Gasteiger partial charge in [0.1, 0.15) is 6.54 Å². The molecular weight excluding hydrogens is 380 g/mol. The number of fused-ring (bicyclic) bond motifs is 5. The van der Waals surface area contributed by atoms with Crippen LogP contribution in [0.25, 0.3) is 0 Å². The van der Waals surface area contributed by atoms with Crippen LogP contribution in [-0.4, -0.2) is 50.4 Å². The molecule has 7 heteroatoms. The van der Waals surface area contributed by atoms with Crippen molar-refractivity contribution in [3.63, 3.8) is 0 Å². The Bertz CT molecular complexity index is 824. The van der Waals surface area contributed by atoms with Gasteiger partial charge in [0.25, 0.3) is 0 Å². The maximum atomic E-state index is 13.1. The molecule has 1 aromatic rings. The maximum absolute atomic E-state index is 13.1. The molecule has 3 fully saturated rings. The quantitative estimate of drug-likeness (QED) is 0.745. The minimum atomic E-state index is -0.687. The summed E-state index contributed by atoms with van der Waals surface area (Å²) in [5, 5.41) is 22.5. The molecule has 30 heavy (non-hydrogen) atoms. The number of hydrogen-bond donors (Lipinski definition) is 1. The molecule has 7 atom stereocenters. The minimum Gasteiger partial charge on any atom is -0.387 e. The third-order valence-corrected chi connectivity index (χ3v) is 9.08. The second-order valence-corrected chi connectivity index (χ2v) is 10.5. The van der Waals surface area contributed by atoms with Gasteiger partial charge in [-0.05, 0) is 85.7 Å². The van der Waals surface area contributed by atoms with E-state index in [0.29, 0.717) is 30.3 Å². The molecule has 4 aliphatic carbocycles. The number of ketones is 1. The molecule has 1 N–H and O–H groups in total. The zero-order valence-electron chi connectivity index (χ0n) is 18.2. The zero-order chi connectivity index (χ0) is 20.9. The minimum absolute atomic E-state index is 0.0929. The molecule has 4 aliphatic rings. The molecule has 0 saturated heterocycles. The van der Waals surface area contributed by atoms with Crippen LogP contribution in [0.1, 0.15) is 58.3 Å². The number of carbonyl (C=O) groups excluding carboxylic acids is 1. The van der Waals surface area contributed by atoms with Crippen molar-refractivity contribution >= 4 is 5.78 Å². The lowest BCUT2D eigenvalue weighted by molar-refractivity contribution is -0.130. The molecule has 0 radical (unpaired) electrons. The summed E-state index contributed by atoms with van der Waals surface area (Å²) in [7, 11) is 1.67. The number of hydrogen-bond acceptors (Lipinski definition) is 6. The highest BCUT2D eigenvalue weighted by atomic mass is 16.5. The normalized spacial score (nSPS) is 42.8. The molecule has 3 saturated carbocycles. The number of allylic oxidation sites excluding steroid dienone is 1. The standard InChI is InChI=1S/C23H34N4O3/c1-22-9-7-17-16-8-10-23(29,13-30-2)11-15(16)3-4-18(17)19(22)5-6-20(22)21(28)12-27-25-14-24-26-27/h3,14,16-20,29H,4-13H2,1-2H3/t16-,17+,18+,19-,20+,22-,23+/m0/s1. The van der Waals surface area contributed by atoms with Gasteiger partial charge in [0.05, 0.1) is 12.2 Å². The fourth-order valence-corrected chi connectivity index (χ4v) is 7.80. The Morgan fingerprint density at radius 1 is 1.27 bits per heavy atom. The van der Waals surface area contributed by atoms with Crippen LogP contribution in [0, 0.1) is 35.0 Å². The number of rotatable bonds is 5. The first kappa shape index (κ1) is 20.3. The topological polar surface area (TPSA) is 90.1 Å². The van der Waals surface area contributed by atoms with E-state index in [4.69, 9.17) is 4.74 Å². The summed E-state index contributed by atoms with van der Waals surface area (Å²) in [6.07, 6.45) is 12.1. The number of ether oxygens (including phenoxy) is 1. The van der Waals surface area contributed by atoms with Crippen molar-refractivity contribution in [2.75, 3.05) is 13.7 Å². The van der Waals surface area contributed by atoms with E-state index < -0.39 is 5.60 Å². The first-order valence-electron chi connectivity index (χ1n) is 11.6. The highest BCUT2D eigenvalue weighted by Gasteiger charge is 2.57. The van der Waals surface area contributed by atoms with Crippen LogP contribution in [0.5, 0.6) is 0 Å². The van der Waals surface area contributed by atoms with E-state index in [2.05, 4.69) is 28.4 Å². The lowest BCUT2D eigenvalue weighted by atomic mass is 9.51. The molecule has 0 aromatic carbocycles. The van der Waals surface area contributed by atoms with Crippen LogP contribution in [0.3, 0.4) is 0 Å². The number of aliphatic hydroxyl groups is 1. The van der Waals surface area contributed by atoms with E-state index in [1.807, 2.05) is 0 Å². The number of nitrogens with zero attached hydrogens (tertiary/aromatic N) is 4. The van der Waals surface area contributed by atoms with E-state index in [9.17, 15) is 9.90 Å². The largest absolute Gasteiger partial charge is 0.387 e. The molecule has 7 nitrogen and oxygen atoms in total. The van der Waals surface area contributed by atoms with Gasteiger partial charge in [0.15, 0.2) is 12.1 Å². The average Bonchev–Trinajstić information content (AvgIpc) is 3.34. The fraction of sp³-hybridized carbons (Fsp3) is 0.826. The Hall–Kier alpha value is -1.60. The number of tetrazole rings is 1.